The summed E-state index contributed by atoms with van der Waals surface area (Å²) >= 11 is 6.97. The average Bonchev–Trinajstić information content (AvgIpc) is 2.99. The molecule has 2 aliphatic rings. The molecule has 5 heteroatoms. The summed E-state index contributed by atoms with van der Waals surface area (Å²) in [4.78, 5) is 14.9. The van der Waals surface area contributed by atoms with Gasteiger partial charge in [-0.25, -0.2) is 0 Å². The molecule has 1 aliphatic heterocycles. The molecule has 4 nitrogen and oxygen atoms in total. The standard InChI is InChI=1S/C25H30ClNO3/c1-3-30-23-13-20-16-25(26,24(28)21(20)14-22(23)29-2)15-18-9-11-27(12-10-18)17-19-7-5-4-6-8-19/h4-8,13-14,18H,3,9-12,15-17H2,1-2H3. The molecule has 0 amide bonds. The molecule has 0 aromatic heterocycles. The van der Waals surface area contributed by atoms with Gasteiger partial charge in [-0.05, 0) is 74.9 Å². The molecule has 0 saturated carbocycles. The van der Waals surface area contributed by atoms with E-state index < -0.39 is 4.87 Å². The Labute approximate surface area is 184 Å². The van der Waals surface area contributed by atoms with Gasteiger partial charge in [-0.3, -0.25) is 9.69 Å². The molecule has 0 bridgehead atoms. The highest BCUT2D eigenvalue weighted by Gasteiger charge is 2.46. The van der Waals surface area contributed by atoms with Gasteiger partial charge in [0.05, 0.1) is 13.7 Å². The van der Waals surface area contributed by atoms with Crippen molar-refractivity contribution < 1.29 is 14.3 Å². The van der Waals surface area contributed by atoms with Gasteiger partial charge in [0.25, 0.3) is 0 Å². The summed E-state index contributed by atoms with van der Waals surface area (Å²) in [7, 11) is 1.60. The Morgan fingerprint density at radius 1 is 1.13 bits per heavy atom. The van der Waals surface area contributed by atoms with E-state index in [1.54, 1.807) is 13.2 Å². The van der Waals surface area contributed by atoms with Gasteiger partial charge in [0, 0.05) is 12.1 Å². The number of likely N-dealkylation sites (tertiary alicyclic amines) is 1. The van der Waals surface area contributed by atoms with Gasteiger partial charge < -0.3 is 9.47 Å². The van der Waals surface area contributed by atoms with Crippen molar-refractivity contribution in [1.82, 2.24) is 4.90 Å². The number of Topliss-reactive ketones (excluding diaryl/α,β-unsaturated/α-hetero) is 1. The van der Waals surface area contributed by atoms with Gasteiger partial charge in [0.1, 0.15) is 4.87 Å². The Kier molecular flexibility index (Phi) is 6.35. The highest BCUT2D eigenvalue weighted by Crippen LogP contribution is 2.45. The maximum absolute atomic E-state index is 13.2. The number of methoxy groups -OCH3 is 1. The minimum Gasteiger partial charge on any atom is -0.493 e. The molecule has 2 aromatic rings. The summed E-state index contributed by atoms with van der Waals surface area (Å²) in [5.74, 6) is 1.79. The number of hydrogen-bond donors (Lipinski definition) is 0. The number of piperidine rings is 1. The molecule has 4 rings (SSSR count). The van der Waals surface area contributed by atoms with Crippen LogP contribution < -0.4 is 9.47 Å². The second-order valence-corrected chi connectivity index (χ2v) is 9.20. The van der Waals surface area contributed by atoms with Gasteiger partial charge in [0.2, 0.25) is 0 Å². The summed E-state index contributed by atoms with van der Waals surface area (Å²) in [5.41, 5.74) is 3.01. The molecule has 1 atom stereocenters. The highest BCUT2D eigenvalue weighted by atomic mass is 35.5. The first kappa shape index (κ1) is 21.2. The van der Waals surface area contributed by atoms with Crippen molar-refractivity contribution in [1.29, 1.82) is 0 Å². The zero-order valence-corrected chi connectivity index (χ0v) is 18.6. The van der Waals surface area contributed by atoms with Crippen LogP contribution in [0.3, 0.4) is 0 Å². The lowest BCUT2D eigenvalue weighted by molar-refractivity contribution is 0.0919. The van der Waals surface area contributed by atoms with Crippen molar-refractivity contribution in [2.24, 2.45) is 5.92 Å². The second kappa shape index (κ2) is 8.99. The van der Waals surface area contributed by atoms with Crippen molar-refractivity contribution in [2.45, 2.75) is 44.0 Å². The summed E-state index contributed by atoms with van der Waals surface area (Å²) in [6.07, 6.45) is 3.46. The minimum atomic E-state index is -0.843. The molecule has 1 unspecified atom stereocenters. The Morgan fingerprint density at radius 2 is 1.87 bits per heavy atom. The van der Waals surface area contributed by atoms with Crippen molar-refractivity contribution in [3.05, 3.63) is 59.2 Å². The van der Waals surface area contributed by atoms with Crippen LogP contribution in [0.1, 0.15) is 47.7 Å². The molecular weight excluding hydrogens is 398 g/mol. The van der Waals surface area contributed by atoms with E-state index in [1.165, 1.54) is 5.56 Å². The zero-order valence-electron chi connectivity index (χ0n) is 17.8. The molecule has 2 aromatic carbocycles. The predicted molar refractivity (Wildman–Crippen MR) is 120 cm³/mol. The first-order valence-corrected chi connectivity index (χ1v) is 11.2. The van der Waals surface area contributed by atoms with Crippen molar-refractivity contribution in [3.8, 4) is 11.5 Å². The van der Waals surface area contributed by atoms with Gasteiger partial charge in [-0.2, -0.15) is 0 Å². The summed E-state index contributed by atoms with van der Waals surface area (Å²) in [6.45, 7) is 5.58. The van der Waals surface area contributed by atoms with E-state index in [-0.39, 0.29) is 5.78 Å². The van der Waals surface area contributed by atoms with Gasteiger partial charge >= 0.3 is 0 Å². The van der Waals surface area contributed by atoms with Crippen LogP contribution in [0, 0.1) is 5.92 Å². The third-order valence-electron chi connectivity index (χ3n) is 6.38. The van der Waals surface area contributed by atoms with Crippen LogP contribution in [0.25, 0.3) is 0 Å². The Hall–Kier alpha value is -2.04. The van der Waals surface area contributed by atoms with Gasteiger partial charge in [-0.1, -0.05) is 30.3 Å². The van der Waals surface area contributed by atoms with Crippen LogP contribution in [0.15, 0.2) is 42.5 Å². The number of fused-ring (bicyclic) bond motifs is 1. The Bertz CT molecular complexity index is 893. The van der Waals surface area contributed by atoms with Crippen LogP contribution >= 0.6 is 11.6 Å². The molecular formula is C25H30ClNO3. The first-order valence-electron chi connectivity index (χ1n) is 10.9. The lowest BCUT2D eigenvalue weighted by Crippen LogP contribution is -2.38. The van der Waals surface area contributed by atoms with Crippen LogP contribution in [-0.4, -0.2) is 42.4 Å². The van der Waals surface area contributed by atoms with Crippen molar-refractivity contribution in [3.63, 3.8) is 0 Å². The SMILES string of the molecule is CCOc1cc2c(cc1OC)C(=O)C(Cl)(CC1CCN(Cc3ccccc3)CC1)C2. The number of benzene rings is 2. The highest BCUT2D eigenvalue weighted by molar-refractivity contribution is 6.39. The largest absolute Gasteiger partial charge is 0.493 e. The summed E-state index contributed by atoms with van der Waals surface area (Å²) in [6, 6.07) is 14.3. The molecule has 1 fully saturated rings. The monoisotopic (exact) mass is 427 g/mol. The lowest BCUT2D eigenvalue weighted by Gasteiger charge is -2.34. The number of ketones is 1. The first-order chi connectivity index (χ1) is 14.5. The Morgan fingerprint density at radius 3 is 2.53 bits per heavy atom. The molecule has 30 heavy (non-hydrogen) atoms. The van der Waals surface area contributed by atoms with E-state index in [0.717, 1.165) is 44.5 Å². The van der Waals surface area contributed by atoms with E-state index >= 15 is 0 Å². The third-order valence-corrected chi connectivity index (χ3v) is 6.84. The number of nitrogens with zero attached hydrogens (tertiary/aromatic N) is 1. The smallest absolute Gasteiger partial charge is 0.184 e. The number of carbonyl (C=O) groups excluding carboxylic acids is 1. The molecule has 0 spiro atoms. The van der Waals surface area contributed by atoms with E-state index in [4.69, 9.17) is 21.1 Å². The van der Waals surface area contributed by atoms with E-state index in [1.807, 2.05) is 13.0 Å². The molecule has 1 saturated heterocycles. The molecule has 1 heterocycles. The number of carbonyl (C=O) groups is 1. The number of alkyl halides is 1. The molecule has 0 radical (unpaired) electrons. The zero-order chi connectivity index (χ0) is 21.1. The van der Waals surface area contributed by atoms with Crippen molar-refractivity contribution >= 4 is 17.4 Å². The van der Waals surface area contributed by atoms with Crippen LogP contribution in [0.5, 0.6) is 11.5 Å². The van der Waals surface area contributed by atoms with Gasteiger partial charge in [-0.15, -0.1) is 11.6 Å². The molecule has 160 valence electrons. The minimum absolute atomic E-state index is 0.0345. The Balaban J connectivity index is 1.39. The van der Waals surface area contributed by atoms with E-state index in [9.17, 15) is 4.79 Å². The number of ether oxygens (including phenoxy) is 2. The fourth-order valence-electron chi connectivity index (χ4n) is 4.82. The van der Waals surface area contributed by atoms with E-state index in [0.29, 0.717) is 36.0 Å². The second-order valence-electron chi connectivity index (χ2n) is 8.47. The summed E-state index contributed by atoms with van der Waals surface area (Å²) in [5, 5.41) is 0. The fraction of sp³-hybridized carbons (Fsp3) is 0.480. The quantitative estimate of drug-likeness (QED) is 0.575. The third kappa shape index (κ3) is 4.35. The topological polar surface area (TPSA) is 38.8 Å². The summed E-state index contributed by atoms with van der Waals surface area (Å²) < 4.78 is 11.1. The van der Waals surface area contributed by atoms with E-state index in [2.05, 4.69) is 35.2 Å². The lowest BCUT2D eigenvalue weighted by atomic mass is 9.84. The van der Waals surface area contributed by atoms with Crippen LogP contribution in [0.2, 0.25) is 0 Å². The molecule has 0 N–H and O–H groups in total. The number of rotatable bonds is 7. The van der Waals surface area contributed by atoms with Crippen LogP contribution in [-0.2, 0) is 13.0 Å². The maximum Gasteiger partial charge on any atom is 0.184 e. The van der Waals surface area contributed by atoms with Gasteiger partial charge in [0.15, 0.2) is 17.3 Å². The van der Waals surface area contributed by atoms with Crippen molar-refractivity contribution in [2.75, 3.05) is 26.8 Å². The fourth-order valence-corrected chi connectivity index (χ4v) is 5.29. The van der Waals surface area contributed by atoms with Crippen LogP contribution in [0.4, 0.5) is 0 Å². The maximum atomic E-state index is 13.2. The number of hydrogen-bond acceptors (Lipinski definition) is 4. The average molecular weight is 428 g/mol. The predicted octanol–water partition coefficient (Wildman–Crippen LogP) is 5.11. The number of halogens is 1. The normalized spacial score (nSPS) is 22.2. The molecule has 1 aliphatic carbocycles.